The third kappa shape index (κ3) is 5.97. The van der Waals surface area contributed by atoms with E-state index in [1.165, 1.54) is 0 Å². The number of oxazole rings is 1. The average molecular weight is 358 g/mol. The number of hydrogen-bond donors (Lipinski definition) is 1. The number of nitrogens with zero attached hydrogens (tertiary/aromatic N) is 1. The molecule has 1 aliphatic rings. The number of carbonyl (C=O) groups excluding carboxylic acids is 1. The van der Waals surface area contributed by atoms with Gasteiger partial charge in [0.05, 0.1) is 18.9 Å². The highest BCUT2D eigenvalue weighted by molar-refractivity contribution is 5.75. The van der Waals surface area contributed by atoms with E-state index in [4.69, 9.17) is 13.9 Å². The Kier molecular flexibility index (Phi) is 7.22. The van der Waals surface area contributed by atoms with E-state index in [-0.39, 0.29) is 12.0 Å². The van der Waals surface area contributed by atoms with E-state index in [1.54, 1.807) is 6.20 Å². The summed E-state index contributed by atoms with van der Waals surface area (Å²) in [4.78, 5) is 16.1. The first-order valence-electron chi connectivity index (χ1n) is 9.27. The van der Waals surface area contributed by atoms with Crippen molar-refractivity contribution in [1.82, 2.24) is 10.3 Å². The van der Waals surface area contributed by atoms with E-state index in [2.05, 4.69) is 10.3 Å². The lowest BCUT2D eigenvalue weighted by Gasteiger charge is -2.10. The van der Waals surface area contributed by atoms with Crippen LogP contribution in [0, 0.1) is 0 Å². The van der Waals surface area contributed by atoms with Crippen molar-refractivity contribution >= 4 is 5.91 Å². The number of aromatic nitrogens is 1. The van der Waals surface area contributed by atoms with Crippen LogP contribution in [0.1, 0.15) is 31.6 Å². The molecular formula is C20H26N2O4. The molecule has 1 fully saturated rings. The van der Waals surface area contributed by atoms with Gasteiger partial charge in [-0.15, -0.1) is 0 Å². The van der Waals surface area contributed by atoms with Crippen LogP contribution < -0.4 is 5.32 Å². The van der Waals surface area contributed by atoms with Gasteiger partial charge >= 0.3 is 0 Å². The van der Waals surface area contributed by atoms with Gasteiger partial charge in [-0.2, -0.15) is 0 Å². The number of benzene rings is 1. The maximum atomic E-state index is 11.9. The van der Waals surface area contributed by atoms with E-state index in [0.717, 1.165) is 37.2 Å². The monoisotopic (exact) mass is 358 g/mol. The summed E-state index contributed by atoms with van der Waals surface area (Å²) in [6, 6.07) is 9.81. The van der Waals surface area contributed by atoms with Crippen molar-refractivity contribution < 1.29 is 18.7 Å². The molecule has 1 aliphatic heterocycles. The van der Waals surface area contributed by atoms with Gasteiger partial charge in [0.15, 0.2) is 11.7 Å². The zero-order valence-electron chi connectivity index (χ0n) is 15.0. The van der Waals surface area contributed by atoms with Gasteiger partial charge in [0.1, 0.15) is 0 Å². The molecule has 1 amide bonds. The minimum absolute atomic E-state index is 0.00332. The Balaban J connectivity index is 1.26. The lowest BCUT2D eigenvalue weighted by Crippen LogP contribution is -2.26. The normalized spacial score (nSPS) is 16.7. The molecule has 1 aromatic carbocycles. The molecule has 1 saturated heterocycles. The maximum absolute atomic E-state index is 11.9. The van der Waals surface area contributed by atoms with Gasteiger partial charge in [-0.25, -0.2) is 4.98 Å². The molecule has 6 nitrogen and oxygen atoms in total. The van der Waals surface area contributed by atoms with E-state index < -0.39 is 0 Å². The highest BCUT2D eigenvalue weighted by atomic mass is 16.5. The molecule has 2 heterocycles. The molecule has 0 bridgehead atoms. The average Bonchev–Trinajstić information content (AvgIpc) is 3.35. The number of nitrogens with one attached hydrogen (secondary N) is 1. The fourth-order valence-electron chi connectivity index (χ4n) is 2.86. The van der Waals surface area contributed by atoms with Gasteiger partial charge in [-0.1, -0.05) is 30.3 Å². The lowest BCUT2D eigenvalue weighted by molar-refractivity contribution is -0.121. The smallest absolute Gasteiger partial charge is 0.220 e. The third-order valence-electron chi connectivity index (χ3n) is 4.29. The standard InChI is InChI=1S/C20H26N2O4/c23-19(21-11-5-12-24-15-17-8-4-13-25-17)9-10-20-22-14-18(26-20)16-6-2-1-3-7-16/h1-3,6-7,14,17H,4-5,8-13,15H2,(H,21,23). The number of amides is 1. The molecule has 0 aliphatic carbocycles. The second kappa shape index (κ2) is 10.1. The second-order valence-electron chi connectivity index (χ2n) is 6.40. The Hall–Kier alpha value is -2.18. The molecular weight excluding hydrogens is 332 g/mol. The summed E-state index contributed by atoms with van der Waals surface area (Å²) in [5.41, 5.74) is 0.985. The van der Waals surface area contributed by atoms with Crippen molar-refractivity contribution in [3.63, 3.8) is 0 Å². The van der Waals surface area contributed by atoms with E-state index in [1.807, 2.05) is 30.3 Å². The van der Waals surface area contributed by atoms with Gasteiger partial charge < -0.3 is 19.2 Å². The van der Waals surface area contributed by atoms with Gasteiger partial charge in [-0.3, -0.25) is 4.79 Å². The molecule has 3 rings (SSSR count). The van der Waals surface area contributed by atoms with E-state index in [9.17, 15) is 4.79 Å². The van der Waals surface area contributed by atoms with Crippen LogP contribution in [0.2, 0.25) is 0 Å². The number of aryl methyl sites for hydroxylation is 1. The van der Waals surface area contributed by atoms with Crippen LogP contribution in [-0.2, 0) is 20.7 Å². The summed E-state index contributed by atoms with van der Waals surface area (Å²) in [6.07, 6.45) is 5.83. The molecule has 0 spiro atoms. The Morgan fingerprint density at radius 3 is 3.00 bits per heavy atom. The first-order chi connectivity index (χ1) is 12.8. The molecule has 140 valence electrons. The molecule has 1 unspecified atom stereocenters. The van der Waals surface area contributed by atoms with Gasteiger partial charge in [0, 0.05) is 38.2 Å². The van der Waals surface area contributed by atoms with E-state index in [0.29, 0.717) is 38.5 Å². The molecule has 1 N–H and O–H groups in total. The largest absolute Gasteiger partial charge is 0.441 e. The van der Waals surface area contributed by atoms with Crippen LogP contribution in [0.3, 0.4) is 0 Å². The van der Waals surface area contributed by atoms with Crippen molar-refractivity contribution in [1.29, 1.82) is 0 Å². The first-order valence-corrected chi connectivity index (χ1v) is 9.27. The highest BCUT2D eigenvalue weighted by Gasteiger charge is 2.15. The van der Waals surface area contributed by atoms with E-state index >= 15 is 0 Å². The zero-order chi connectivity index (χ0) is 18.0. The predicted molar refractivity (Wildman–Crippen MR) is 97.7 cm³/mol. The predicted octanol–water partition coefficient (Wildman–Crippen LogP) is 2.98. The second-order valence-corrected chi connectivity index (χ2v) is 6.40. The molecule has 1 atom stereocenters. The van der Waals surface area contributed by atoms with Gasteiger partial charge in [-0.05, 0) is 19.3 Å². The molecule has 0 saturated carbocycles. The Bertz CT molecular complexity index is 665. The number of hydrogen-bond acceptors (Lipinski definition) is 5. The molecule has 2 aromatic rings. The fourth-order valence-corrected chi connectivity index (χ4v) is 2.86. The summed E-state index contributed by atoms with van der Waals surface area (Å²) in [6.45, 7) is 2.76. The molecule has 6 heteroatoms. The van der Waals surface area contributed by atoms with Crippen molar-refractivity contribution in [2.45, 2.75) is 38.2 Å². The van der Waals surface area contributed by atoms with Crippen molar-refractivity contribution in [3.8, 4) is 11.3 Å². The van der Waals surface area contributed by atoms with Crippen LogP contribution >= 0.6 is 0 Å². The summed E-state index contributed by atoms with van der Waals surface area (Å²) in [5, 5.41) is 2.90. The van der Waals surface area contributed by atoms with Crippen molar-refractivity contribution in [2.24, 2.45) is 0 Å². The lowest BCUT2D eigenvalue weighted by atomic mass is 10.2. The topological polar surface area (TPSA) is 73.6 Å². The molecule has 1 aromatic heterocycles. The summed E-state index contributed by atoms with van der Waals surface area (Å²) in [5.74, 6) is 1.31. The van der Waals surface area contributed by atoms with Crippen LogP contribution in [0.25, 0.3) is 11.3 Å². The fraction of sp³-hybridized carbons (Fsp3) is 0.500. The quantitative estimate of drug-likeness (QED) is 0.661. The summed E-state index contributed by atoms with van der Waals surface area (Å²) >= 11 is 0. The maximum Gasteiger partial charge on any atom is 0.220 e. The summed E-state index contributed by atoms with van der Waals surface area (Å²) < 4.78 is 16.8. The Labute approximate surface area is 153 Å². The molecule has 0 radical (unpaired) electrons. The molecule has 26 heavy (non-hydrogen) atoms. The van der Waals surface area contributed by atoms with Crippen LogP contribution in [0.4, 0.5) is 0 Å². The van der Waals surface area contributed by atoms with Gasteiger partial charge in [0.2, 0.25) is 5.91 Å². The Morgan fingerprint density at radius 2 is 2.19 bits per heavy atom. The summed E-state index contributed by atoms with van der Waals surface area (Å²) in [7, 11) is 0. The van der Waals surface area contributed by atoms with Crippen LogP contribution in [0.15, 0.2) is 40.9 Å². The minimum atomic E-state index is 0.00332. The number of ether oxygens (including phenoxy) is 2. The first kappa shape index (κ1) is 18.6. The minimum Gasteiger partial charge on any atom is -0.441 e. The SMILES string of the molecule is O=C(CCc1ncc(-c2ccccc2)o1)NCCCOCC1CCCO1. The highest BCUT2D eigenvalue weighted by Crippen LogP contribution is 2.20. The van der Waals surface area contributed by atoms with Gasteiger partial charge in [0.25, 0.3) is 0 Å². The van der Waals surface area contributed by atoms with Crippen molar-refractivity contribution in [2.75, 3.05) is 26.4 Å². The Morgan fingerprint density at radius 1 is 1.31 bits per heavy atom. The number of carbonyl (C=O) groups is 1. The van der Waals surface area contributed by atoms with Crippen molar-refractivity contribution in [3.05, 3.63) is 42.4 Å². The zero-order valence-corrected chi connectivity index (χ0v) is 15.0. The van der Waals surface area contributed by atoms with Crippen LogP contribution in [0.5, 0.6) is 0 Å². The third-order valence-corrected chi connectivity index (χ3v) is 4.29. The number of rotatable bonds is 10. The van der Waals surface area contributed by atoms with Crippen LogP contribution in [-0.4, -0.2) is 43.4 Å².